The SMILES string of the molecule is CCCCC/C=C\C/C=C\C/C=C\C/C=C\CCCCCCCCCCCCCC(=O)OC(/C=C\CCCCCCCCCCCC)C(COP(=O)([O-])OCC[N+](C)(C)C)NC(=O)CCC/C=C\C/C=C\C/C=C\C/C=C\CCCCC. The number of likely N-dealkylation sites (N-methyl/N-ethyl adjacent to an activating group) is 1. The summed E-state index contributed by atoms with van der Waals surface area (Å²) in [5.74, 6) is -0.612. The van der Waals surface area contributed by atoms with E-state index in [4.69, 9.17) is 13.8 Å². The Labute approximate surface area is 506 Å². The number of hydrogen-bond donors (Lipinski definition) is 1. The Bertz CT molecular complexity index is 1770. The van der Waals surface area contributed by atoms with Gasteiger partial charge in [0, 0.05) is 12.8 Å². The maximum absolute atomic E-state index is 13.5. The quantitative estimate of drug-likeness (QED) is 0.0212. The third-order valence-corrected chi connectivity index (χ3v) is 15.4. The molecule has 0 aromatic rings. The number of amides is 1. The predicted octanol–water partition coefficient (Wildman–Crippen LogP) is 20.7. The lowest BCUT2D eigenvalue weighted by Gasteiger charge is -2.30. The first-order valence-electron chi connectivity index (χ1n) is 33.7. The minimum absolute atomic E-state index is 0.0375. The molecule has 0 rings (SSSR count). The van der Waals surface area contributed by atoms with Crippen molar-refractivity contribution in [1.82, 2.24) is 5.32 Å². The van der Waals surface area contributed by atoms with Crippen LogP contribution in [0.4, 0.5) is 0 Å². The molecule has 3 atom stereocenters. The maximum Gasteiger partial charge on any atom is 0.306 e. The average Bonchev–Trinajstić information content (AvgIpc) is 3.44. The van der Waals surface area contributed by atoms with Gasteiger partial charge in [-0.25, -0.2) is 0 Å². The topological polar surface area (TPSA) is 114 Å². The third-order valence-electron chi connectivity index (χ3n) is 14.4. The van der Waals surface area contributed by atoms with E-state index in [1.807, 2.05) is 33.3 Å². The predicted molar refractivity (Wildman–Crippen MR) is 353 cm³/mol. The molecule has 0 aliphatic carbocycles. The Balaban J connectivity index is 5.16. The Hall–Kier alpha value is -3.33. The molecular formula is C72H127N2O7P. The molecule has 0 aromatic heterocycles. The fourth-order valence-corrected chi connectivity index (χ4v) is 9.93. The molecule has 0 aliphatic rings. The molecule has 1 amide bonds. The zero-order chi connectivity index (χ0) is 60.0. The first-order valence-corrected chi connectivity index (χ1v) is 35.2. The van der Waals surface area contributed by atoms with Crippen LogP contribution >= 0.6 is 7.82 Å². The van der Waals surface area contributed by atoms with Crippen molar-refractivity contribution < 1.29 is 37.3 Å². The van der Waals surface area contributed by atoms with E-state index in [0.29, 0.717) is 23.9 Å². The van der Waals surface area contributed by atoms with Gasteiger partial charge in [0.25, 0.3) is 7.82 Å². The molecule has 9 nitrogen and oxygen atoms in total. The lowest BCUT2D eigenvalue weighted by molar-refractivity contribution is -0.870. The van der Waals surface area contributed by atoms with Crippen LogP contribution in [0, 0.1) is 0 Å². The van der Waals surface area contributed by atoms with Gasteiger partial charge < -0.3 is 28.5 Å². The van der Waals surface area contributed by atoms with Gasteiger partial charge in [-0.2, -0.15) is 0 Å². The minimum atomic E-state index is -4.72. The molecule has 10 heteroatoms. The first-order chi connectivity index (χ1) is 39.9. The number of carbonyl (C=O) groups excluding carboxylic acids is 2. The largest absolute Gasteiger partial charge is 0.756 e. The van der Waals surface area contributed by atoms with Crippen molar-refractivity contribution >= 4 is 19.7 Å². The molecule has 82 heavy (non-hydrogen) atoms. The molecule has 0 aromatic carbocycles. The Morgan fingerprint density at radius 2 is 0.756 bits per heavy atom. The van der Waals surface area contributed by atoms with Crippen LogP contribution in [0.2, 0.25) is 0 Å². The van der Waals surface area contributed by atoms with E-state index >= 15 is 0 Å². The van der Waals surface area contributed by atoms with Gasteiger partial charge in [-0.15, -0.1) is 0 Å². The van der Waals surface area contributed by atoms with Gasteiger partial charge in [0.2, 0.25) is 5.91 Å². The molecule has 0 aliphatic heterocycles. The number of rotatable bonds is 60. The maximum atomic E-state index is 13.5. The van der Waals surface area contributed by atoms with Crippen LogP contribution in [-0.2, 0) is 27.9 Å². The van der Waals surface area contributed by atoms with Gasteiger partial charge in [0.05, 0.1) is 33.8 Å². The molecule has 0 radical (unpaired) electrons. The zero-order valence-electron chi connectivity index (χ0n) is 53.9. The molecule has 3 unspecified atom stereocenters. The second kappa shape index (κ2) is 60.8. The number of allylic oxidation sites excluding steroid dienone is 17. The highest BCUT2D eigenvalue weighted by Gasteiger charge is 2.27. The van der Waals surface area contributed by atoms with Gasteiger partial charge in [0.15, 0.2) is 0 Å². The highest BCUT2D eigenvalue weighted by molar-refractivity contribution is 7.45. The van der Waals surface area contributed by atoms with Gasteiger partial charge in [0.1, 0.15) is 19.3 Å². The summed E-state index contributed by atoms with van der Waals surface area (Å²) < 4.78 is 30.3. The van der Waals surface area contributed by atoms with Gasteiger partial charge in [-0.3, -0.25) is 14.2 Å². The van der Waals surface area contributed by atoms with E-state index in [2.05, 4.69) is 123 Å². The Morgan fingerprint density at radius 1 is 0.427 bits per heavy atom. The van der Waals surface area contributed by atoms with E-state index in [0.717, 1.165) is 83.5 Å². The molecule has 0 fully saturated rings. The van der Waals surface area contributed by atoms with E-state index in [9.17, 15) is 19.0 Å². The van der Waals surface area contributed by atoms with Crippen molar-refractivity contribution in [2.24, 2.45) is 0 Å². The van der Waals surface area contributed by atoms with Gasteiger partial charge >= 0.3 is 5.97 Å². The van der Waals surface area contributed by atoms with Crippen LogP contribution in [0.3, 0.4) is 0 Å². The summed E-state index contributed by atoms with van der Waals surface area (Å²) in [5.41, 5.74) is 0. The number of phosphoric acid groups is 1. The molecule has 0 bridgehead atoms. The number of carbonyl (C=O) groups is 2. The fourth-order valence-electron chi connectivity index (χ4n) is 9.20. The highest BCUT2D eigenvalue weighted by Crippen LogP contribution is 2.38. The molecule has 0 heterocycles. The highest BCUT2D eigenvalue weighted by atomic mass is 31.2. The van der Waals surface area contributed by atoms with Crippen LogP contribution < -0.4 is 10.2 Å². The van der Waals surface area contributed by atoms with Crippen molar-refractivity contribution in [3.8, 4) is 0 Å². The molecule has 0 saturated heterocycles. The van der Waals surface area contributed by atoms with E-state index < -0.39 is 26.6 Å². The Kier molecular flexibility index (Phi) is 58.3. The number of ether oxygens (including phenoxy) is 1. The average molecular weight is 1160 g/mol. The summed E-state index contributed by atoms with van der Waals surface area (Å²) in [4.78, 5) is 40.1. The van der Waals surface area contributed by atoms with Crippen LogP contribution in [0.15, 0.2) is 109 Å². The summed E-state index contributed by atoms with van der Waals surface area (Å²) in [6.45, 7) is 6.74. The number of quaternary nitrogens is 1. The normalized spacial score (nSPS) is 14.3. The van der Waals surface area contributed by atoms with Crippen LogP contribution in [0.1, 0.15) is 284 Å². The summed E-state index contributed by atoms with van der Waals surface area (Å²) in [5, 5.41) is 3.00. The van der Waals surface area contributed by atoms with Crippen LogP contribution in [0.5, 0.6) is 0 Å². The van der Waals surface area contributed by atoms with Gasteiger partial charge in [-0.1, -0.05) is 265 Å². The number of hydrogen-bond acceptors (Lipinski definition) is 7. The molecule has 0 spiro atoms. The van der Waals surface area contributed by atoms with Crippen molar-refractivity contribution in [2.75, 3.05) is 40.9 Å². The van der Waals surface area contributed by atoms with Crippen molar-refractivity contribution in [2.45, 2.75) is 296 Å². The number of esters is 1. The standard InChI is InChI=1S/C72H127N2O7P/c1-7-10-13-16-19-22-25-28-30-32-33-34-35-36-37-38-39-40-41-43-45-47-50-53-56-59-62-65-72(76)81-70(63-60-57-54-51-48-27-24-21-18-15-12-9-3)69(68-80-82(77,78)79-67-66-74(4,5)6)73-71(75)64-61-58-55-52-49-46-44-42-31-29-26-23-20-17-14-11-8-2/h19-20,22-23,28-31,33-34,36-37,44,46,52,55,60,63,69-70H,7-18,21,24-27,32,35,38-43,45,47-51,53-54,56-59,61-62,64-68H2,1-6H3,(H-,73,75,77,78)/b22-19-,23-20-,30-28-,31-29-,34-33-,37-36-,46-44-,55-52-,63-60-. The van der Waals surface area contributed by atoms with Crippen molar-refractivity contribution in [1.29, 1.82) is 0 Å². The lowest BCUT2D eigenvalue weighted by Crippen LogP contribution is -2.47. The lowest BCUT2D eigenvalue weighted by atomic mass is 10.0. The third kappa shape index (κ3) is 61.2. The number of phosphoric ester groups is 1. The smallest absolute Gasteiger partial charge is 0.306 e. The van der Waals surface area contributed by atoms with E-state index in [1.54, 1.807) is 0 Å². The molecular weight excluding hydrogens is 1040 g/mol. The Morgan fingerprint density at radius 3 is 1.16 bits per heavy atom. The van der Waals surface area contributed by atoms with Gasteiger partial charge in [-0.05, 0) is 115 Å². The monoisotopic (exact) mass is 1160 g/mol. The molecule has 472 valence electrons. The number of nitrogens with zero attached hydrogens (tertiary/aromatic N) is 1. The summed E-state index contributed by atoms with van der Waals surface area (Å²) in [6, 6.07) is -0.925. The van der Waals surface area contributed by atoms with Crippen LogP contribution in [-0.4, -0.2) is 69.4 Å². The fraction of sp³-hybridized carbons (Fsp3) is 0.722. The molecule has 1 N–H and O–H groups in total. The summed E-state index contributed by atoms with van der Waals surface area (Å²) in [6.07, 6.45) is 83.6. The summed E-state index contributed by atoms with van der Waals surface area (Å²) >= 11 is 0. The minimum Gasteiger partial charge on any atom is -0.756 e. The van der Waals surface area contributed by atoms with E-state index in [-0.39, 0.29) is 31.3 Å². The zero-order valence-corrected chi connectivity index (χ0v) is 54.8. The summed E-state index contributed by atoms with van der Waals surface area (Å²) in [7, 11) is 1.14. The van der Waals surface area contributed by atoms with Crippen molar-refractivity contribution in [3.63, 3.8) is 0 Å². The van der Waals surface area contributed by atoms with Crippen molar-refractivity contribution in [3.05, 3.63) is 109 Å². The van der Waals surface area contributed by atoms with E-state index in [1.165, 1.54) is 154 Å². The van der Waals surface area contributed by atoms with Crippen LogP contribution in [0.25, 0.3) is 0 Å². The second-order valence-corrected chi connectivity index (χ2v) is 25.0. The first kappa shape index (κ1) is 78.7. The molecule has 0 saturated carbocycles. The number of nitrogens with one attached hydrogen (secondary N) is 1. The second-order valence-electron chi connectivity index (χ2n) is 23.6. The number of unbranched alkanes of at least 4 members (excludes halogenated alkanes) is 28.